The van der Waals surface area contributed by atoms with Crippen molar-refractivity contribution in [3.8, 4) is 5.75 Å². The SMILES string of the molecule is COc1ccccc1CCNC(=O)C[NH2+][C@H](c1ccccc1)c1ccc(C)cc1. The van der Waals surface area contributed by atoms with Gasteiger partial charge in [-0.05, 0) is 25.0 Å². The summed E-state index contributed by atoms with van der Waals surface area (Å²) in [6.07, 6.45) is 0.746. The van der Waals surface area contributed by atoms with E-state index in [0.717, 1.165) is 17.7 Å². The highest BCUT2D eigenvalue weighted by Crippen LogP contribution is 2.19. The monoisotopic (exact) mass is 389 g/mol. The van der Waals surface area contributed by atoms with Gasteiger partial charge in [0.15, 0.2) is 6.54 Å². The number of hydrogen-bond donors (Lipinski definition) is 2. The van der Waals surface area contributed by atoms with Crippen molar-refractivity contribution in [2.45, 2.75) is 19.4 Å². The molecule has 0 heterocycles. The largest absolute Gasteiger partial charge is 0.496 e. The van der Waals surface area contributed by atoms with Gasteiger partial charge in [-0.2, -0.15) is 0 Å². The van der Waals surface area contributed by atoms with Gasteiger partial charge in [-0.3, -0.25) is 4.79 Å². The van der Waals surface area contributed by atoms with Crippen LogP contribution in [-0.2, 0) is 11.2 Å². The molecule has 1 amide bonds. The molecule has 3 aromatic carbocycles. The van der Waals surface area contributed by atoms with Gasteiger partial charge in [0.2, 0.25) is 0 Å². The van der Waals surface area contributed by atoms with Crippen molar-refractivity contribution >= 4 is 5.91 Å². The van der Waals surface area contributed by atoms with E-state index in [1.54, 1.807) is 7.11 Å². The minimum absolute atomic E-state index is 0.0351. The summed E-state index contributed by atoms with van der Waals surface area (Å²) in [4.78, 5) is 12.4. The number of nitrogens with two attached hydrogens (primary N) is 1. The van der Waals surface area contributed by atoms with Crippen LogP contribution in [0.3, 0.4) is 0 Å². The number of hydrogen-bond acceptors (Lipinski definition) is 2. The lowest BCUT2D eigenvalue weighted by atomic mass is 9.98. The predicted molar refractivity (Wildman–Crippen MR) is 116 cm³/mol. The van der Waals surface area contributed by atoms with Gasteiger partial charge in [-0.25, -0.2) is 0 Å². The standard InChI is InChI=1S/C25H28N2O2/c1-19-12-14-22(15-13-19)25(21-9-4-3-5-10-21)27-18-24(28)26-17-16-20-8-6-7-11-23(20)29-2/h3-15,25,27H,16-18H2,1-2H3,(H,26,28)/p+1/t25-/m1/s1. The molecule has 0 spiro atoms. The molecule has 0 fully saturated rings. The normalized spacial score (nSPS) is 11.7. The van der Waals surface area contributed by atoms with Gasteiger partial charge in [-0.1, -0.05) is 78.4 Å². The summed E-state index contributed by atoms with van der Waals surface area (Å²) in [6.45, 7) is 3.05. The molecule has 3 aromatic rings. The third kappa shape index (κ3) is 5.93. The van der Waals surface area contributed by atoms with Crippen LogP contribution in [0, 0.1) is 6.92 Å². The van der Waals surface area contributed by atoms with E-state index in [2.05, 4.69) is 54.0 Å². The van der Waals surface area contributed by atoms with E-state index < -0.39 is 0 Å². The number of nitrogens with one attached hydrogen (secondary N) is 1. The molecule has 0 bridgehead atoms. The summed E-state index contributed by atoms with van der Waals surface area (Å²) in [5.74, 6) is 0.893. The number of carbonyl (C=O) groups is 1. The molecular formula is C25H29N2O2+. The van der Waals surface area contributed by atoms with Crippen LogP contribution in [0.15, 0.2) is 78.9 Å². The summed E-state index contributed by atoms with van der Waals surface area (Å²) >= 11 is 0. The van der Waals surface area contributed by atoms with E-state index in [1.165, 1.54) is 16.7 Å². The van der Waals surface area contributed by atoms with Gasteiger partial charge in [0.25, 0.3) is 5.91 Å². The lowest BCUT2D eigenvalue weighted by molar-refractivity contribution is -0.676. The third-order valence-electron chi connectivity index (χ3n) is 5.04. The number of ether oxygens (including phenoxy) is 1. The highest BCUT2D eigenvalue weighted by atomic mass is 16.5. The lowest BCUT2D eigenvalue weighted by Crippen LogP contribution is -2.87. The maximum absolute atomic E-state index is 12.4. The molecule has 0 unspecified atom stereocenters. The first-order valence-electron chi connectivity index (χ1n) is 10.0. The minimum Gasteiger partial charge on any atom is -0.496 e. The Hall–Kier alpha value is -3.11. The number of methoxy groups -OCH3 is 1. The van der Waals surface area contributed by atoms with E-state index >= 15 is 0 Å². The number of quaternary nitrogens is 1. The molecule has 0 saturated carbocycles. The number of para-hydroxylation sites is 1. The first kappa shape index (κ1) is 20.6. The van der Waals surface area contributed by atoms with Crippen molar-refractivity contribution < 1.29 is 14.8 Å². The van der Waals surface area contributed by atoms with Crippen molar-refractivity contribution in [3.63, 3.8) is 0 Å². The summed E-state index contributed by atoms with van der Waals surface area (Å²) in [5, 5.41) is 5.12. The molecule has 0 aliphatic carbocycles. The fourth-order valence-corrected chi connectivity index (χ4v) is 3.44. The predicted octanol–water partition coefficient (Wildman–Crippen LogP) is 3.02. The van der Waals surface area contributed by atoms with E-state index in [0.29, 0.717) is 13.1 Å². The number of carbonyl (C=O) groups excluding carboxylic acids is 1. The highest BCUT2D eigenvalue weighted by Gasteiger charge is 2.18. The van der Waals surface area contributed by atoms with Crippen molar-refractivity contribution in [2.75, 3.05) is 20.2 Å². The van der Waals surface area contributed by atoms with Crippen LogP contribution in [0.1, 0.15) is 28.3 Å². The molecule has 0 saturated heterocycles. The van der Waals surface area contributed by atoms with Crippen molar-refractivity contribution in [3.05, 3.63) is 101 Å². The summed E-state index contributed by atoms with van der Waals surface area (Å²) in [7, 11) is 1.67. The molecule has 0 aliphatic heterocycles. The van der Waals surface area contributed by atoms with Crippen LogP contribution in [-0.4, -0.2) is 26.1 Å². The van der Waals surface area contributed by atoms with Gasteiger partial charge in [0, 0.05) is 17.7 Å². The van der Waals surface area contributed by atoms with E-state index in [4.69, 9.17) is 4.74 Å². The maximum Gasteiger partial charge on any atom is 0.275 e. The Bertz CT molecular complexity index is 908. The summed E-state index contributed by atoms with van der Waals surface area (Å²) in [6, 6.07) is 26.8. The van der Waals surface area contributed by atoms with Crippen molar-refractivity contribution in [1.29, 1.82) is 0 Å². The Kier molecular flexibility index (Phi) is 7.42. The smallest absolute Gasteiger partial charge is 0.275 e. The first-order chi connectivity index (χ1) is 14.2. The van der Waals surface area contributed by atoms with Crippen LogP contribution in [0.4, 0.5) is 0 Å². The Morgan fingerprint density at radius 1 is 0.931 bits per heavy atom. The number of aryl methyl sites for hydroxylation is 1. The van der Waals surface area contributed by atoms with Gasteiger partial charge in [0.05, 0.1) is 7.11 Å². The molecular weight excluding hydrogens is 360 g/mol. The second-order valence-corrected chi connectivity index (χ2v) is 7.15. The van der Waals surface area contributed by atoms with Gasteiger partial charge in [0.1, 0.15) is 11.8 Å². The Balaban J connectivity index is 1.57. The second-order valence-electron chi connectivity index (χ2n) is 7.15. The topological polar surface area (TPSA) is 54.9 Å². The van der Waals surface area contributed by atoms with Crippen LogP contribution in [0.25, 0.3) is 0 Å². The molecule has 4 nitrogen and oxygen atoms in total. The summed E-state index contributed by atoms with van der Waals surface area (Å²) in [5.41, 5.74) is 4.72. The van der Waals surface area contributed by atoms with Gasteiger partial charge < -0.3 is 15.4 Å². The maximum atomic E-state index is 12.4. The number of rotatable bonds is 9. The molecule has 0 aliphatic rings. The first-order valence-corrected chi connectivity index (χ1v) is 10.0. The molecule has 0 aromatic heterocycles. The molecule has 3 N–H and O–H groups in total. The molecule has 4 heteroatoms. The zero-order chi connectivity index (χ0) is 20.5. The molecule has 0 radical (unpaired) electrons. The van der Waals surface area contributed by atoms with Crippen molar-refractivity contribution in [2.24, 2.45) is 0 Å². The quantitative estimate of drug-likeness (QED) is 0.591. The zero-order valence-electron chi connectivity index (χ0n) is 17.1. The second kappa shape index (κ2) is 10.4. The van der Waals surface area contributed by atoms with E-state index in [-0.39, 0.29) is 11.9 Å². The van der Waals surface area contributed by atoms with Gasteiger partial charge >= 0.3 is 0 Å². The van der Waals surface area contributed by atoms with Crippen LogP contribution < -0.4 is 15.4 Å². The molecule has 3 rings (SSSR count). The number of benzene rings is 3. The van der Waals surface area contributed by atoms with Crippen LogP contribution >= 0.6 is 0 Å². The molecule has 1 atom stereocenters. The average Bonchev–Trinajstić information content (AvgIpc) is 2.76. The van der Waals surface area contributed by atoms with Gasteiger partial charge in [-0.15, -0.1) is 0 Å². The van der Waals surface area contributed by atoms with Crippen LogP contribution in [0.5, 0.6) is 5.75 Å². The minimum atomic E-state index is 0.0351. The van der Waals surface area contributed by atoms with Crippen LogP contribution in [0.2, 0.25) is 0 Å². The Labute approximate surface area is 172 Å². The highest BCUT2D eigenvalue weighted by molar-refractivity contribution is 5.76. The molecule has 29 heavy (non-hydrogen) atoms. The van der Waals surface area contributed by atoms with E-state index in [1.807, 2.05) is 42.5 Å². The Morgan fingerprint density at radius 3 is 2.31 bits per heavy atom. The Morgan fingerprint density at radius 2 is 1.59 bits per heavy atom. The van der Waals surface area contributed by atoms with E-state index in [9.17, 15) is 4.79 Å². The fourth-order valence-electron chi connectivity index (χ4n) is 3.44. The zero-order valence-corrected chi connectivity index (χ0v) is 17.1. The summed E-state index contributed by atoms with van der Waals surface area (Å²) < 4.78 is 5.37. The van der Waals surface area contributed by atoms with Crippen molar-refractivity contribution in [1.82, 2.24) is 5.32 Å². The molecule has 150 valence electrons. The lowest BCUT2D eigenvalue weighted by Gasteiger charge is -2.17. The fraction of sp³-hybridized carbons (Fsp3) is 0.240. The average molecular weight is 390 g/mol. The third-order valence-corrected chi connectivity index (χ3v) is 5.04. The number of amides is 1.